The van der Waals surface area contributed by atoms with Crippen molar-refractivity contribution in [1.29, 1.82) is 0 Å². The average molecular weight is 351 g/mol. The number of nitrogens with one attached hydrogen (secondary N) is 2. The van der Waals surface area contributed by atoms with Crippen molar-refractivity contribution in [3.8, 4) is 0 Å². The first-order valence-electron chi connectivity index (χ1n) is 6.59. The Labute approximate surface area is 131 Å². The maximum atomic E-state index is 12.8. The molecule has 1 unspecified atom stereocenters. The van der Waals surface area contributed by atoms with Crippen LogP contribution in [-0.2, 0) is 6.54 Å². The van der Waals surface area contributed by atoms with Crippen LogP contribution in [0.1, 0.15) is 24.1 Å². The van der Waals surface area contributed by atoms with Crippen LogP contribution in [0.5, 0.6) is 0 Å². The number of halogens is 2. The molecule has 0 bridgehead atoms. The van der Waals surface area contributed by atoms with Crippen molar-refractivity contribution in [2.24, 2.45) is 0 Å². The number of benzene rings is 2. The Hall–Kier alpha value is -1.88. The third-order valence-corrected chi connectivity index (χ3v) is 3.61. The quantitative estimate of drug-likeness (QED) is 0.854. The summed E-state index contributed by atoms with van der Waals surface area (Å²) in [6.07, 6.45) is 0. The molecule has 2 aromatic carbocycles. The van der Waals surface area contributed by atoms with Crippen molar-refractivity contribution < 1.29 is 9.18 Å². The normalized spacial score (nSPS) is 11.8. The molecule has 0 spiro atoms. The largest absolute Gasteiger partial charge is 0.334 e. The number of hydrogen-bond acceptors (Lipinski definition) is 1. The molecule has 0 fully saturated rings. The smallest absolute Gasteiger partial charge is 0.315 e. The highest BCUT2D eigenvalue weighted by molar-refractivity contribution is 9.10. The van der Waals surface area contributed by atoms with Crippen molar-refractivity contribution in [3.63, 3.8) is 0 Å². The van der Waals surface area contributed by atoms with Gasteiger partial charge in [-0.2, -0.15) is 0 Å². The van der Waals surface area contributed by atoms with Crippen molar-refractivity contribution in [1.82, 2.24) is 10.6 Å². The van der Waals surface area contributed by atoms with Gasteiger partial charge in [0.2, 0.25) is 0 Å². The van der Waals surface area contributed by atoms with Gasteiger partial charge in [-0.25, -0.2) is 9.18 Å². The molecule has 2 rings (SSSR count). The van der Waals surface area contributed by atoms with Crippen molar-refractivity contribution in [2.75, 3.05) is 0 Å². The molecule has 0 aliphatic carbocycles. The van der Waals surface area contributed by atoms with Crippen LogP contribution in [0.25, 0.3) is 0 Å². The molecule has 2 amide bonds. The van der Waals surface area contributed by atoms with E-state index in [2.05, 4.69) is 26.6 Å². The van der Waals surface area contributed by atoms with Gasteiger partial charge in [0.25, 0.3) is 0 Å². The molecule has 2 N–H and O–H groups in total. The fourth-order valence-corrected chi connectivity index (χ4v) is 2.13. The Morgan fingerprint density at radius 1 is 1.14 bits per heavy atom. The van der Waals surface area contributed by atoms with E-state index in [1.54, 1.807) is 12.1 Å². The first-order valence-corrected chi connectivity index (χ1v) is 7.38. The standard InChI is InChI=1S/C16H16BrFN2O/c1-11(13-4-6-14(17)7-5-13)20-16(21)19-10-12-2-8-15(18)9-3-12/h2-9,11H,10H2,1H3,(H2,19,20,21). The van der Waals surface area contributed by atoms with Gasteiger partial charge in [-0.05, 0) is 42.3 Å². The van der Waals surface area contributed by atoms with E-state index < -0.39 is 0 Å². The molecule has 0 aliphatic rings. The van der Waals surface area contributed by atoms with Gasteiger partial charge in [0.05, 0.1) is 6.04 Å². The number of amides is 2. The van der Waals surface area contributed by atoms with Crippen LogP contribution < -0.4 is 10.6 Å². The SMILES string of the molecule is CC(NC(=O)NCc1ccc(F)cc1)c1ccc(Br)cc1. The summed E-state index contributed by atoms with van der Waals surface area (Å²) in [5, 5.41) is 5.61. The van der Waals surface area contributed by atoms with E-state index in [0.29, 0.717) is 6.54 Å². The number of carbonyl (C=O) groups is 1. The molecular weight excluding hydrogens is 335 g/mol. The fourth-order valence-electron chi connectivity index (χ4n) is 1.87. The second-order valence-electron chi connectivity index (χ2n) is 4.73. The maximum Gasteiger partial charge on any atom is 0.315 e. The number of rotatable bonds is 4. The zero-order chi connectivity index (χ0) is 15.2. The van der Waals surface area contributed by atoms with E-state index in [9.17, 15) is 9.18 Å². The highest BCUT2D eigenvalue weighted by atomic mass is 79.9. The topological polar surface area (TPSA) is 41.1 Å². The molecule has 2 aromatic rings. The summed E-state index contributed by atoms with van der Waals surface area (Å²) in [6, 6.07) is 13.5. The monoisotopic (exact) mass is 350 g/mol. The highest BCUT2D eigenvalue weighted by Gasteiger charge is 2.08. The Kier molecular flexibility index (Phi) is 5.33. The minimum absolute atomic E-state index is 0.0914. The third kappa shape index (κ3) is 4.86. The summed E-state index contributed by atoms with van der Waals surface area (Å²) >= 11 is 3.37. The summed E-state index contributed by atoms with van der Waals surface area (Å²) < 4.78 is 13.8. The van der Waals surface area contributed by atoms with Crippen LogP contribution >= 0.6 is 15.9 Å². The van der Waals surface area contributed by atoms with Gasteiger partial charge >= 0.3 is 6.03 Å². The molecule has 0 aromatic heterocycles. The Morgan fingerprint density at radius 2 is 1.76 bits per heavy atom. The van der Waals surface area contributed by atoms with Gasteiger partial charge in [-0.1, -0.05) is 40.2 Å². The summed E-state index contributed by atoms with van der Waals surface area (Å²) in [6.45, 7) is 2.28. The first-order chi connectivity index (χ1) is 10.0. The van der Waals surface area contributed by atoms with Crippen LogP contribution in [-0.4, -0.2) is 6.03 Å². The zero-order valence-electron chi connectivity index (χ0n) is 11.6. The number of hydrogen-bond donors (Lipinski definition) is 2. The van der Waals surface area contributed by atoms with Gasteiger partial charge in [-0.3, -0.25) is 0 Å². The predicted octanol–water partition coefficient (Wildman–Crippen LogP) is 4.15. The van der Waals surface area contributed by atoms with E-state index in [0.717, 1.165) is 15.6 Å². The lowest BCUT2D eigenvalue weighted by Gasteiger charge is -2.15. The number of urea groups is 1. The Balaban J connectivity index is 1.83. The van der Waals surface area contributed by atoms with Crippen molar-refractivity contribution in [3.05, 3.63) is 69.9 Å². The summed E-state index contributed by atoms with van der Waals surface area (Å²) in [5.74, 6) is -0.285. The van der Waals surface area contributed by atoms with Crippen LogP contribution in [0.3, 0.4) is 0 Å². The first kappa shape index (κ1) is 15.5. The molecule has 5 heteroatoms. The van der Waals surface area contributed by atoms with E-state index >= 15 is 0 Å². The van der Waals surface area contributed by atoms with Crippen LogP contribution in [0.2, 0.25) is 0 Å². The van der Waals surface area contributed by atoms with Crippen molar-refractivity contribution in [2.45, 2.75) is 19.5 Å². The van der Waals surface area contributed by atoms with E-state index in [-0.39, 0.29) is 17.9 Å². The van der Waals surface area contributed by atoms with Crippen molar-refractivity contribution >= 4 is 22.0 Å². The maximum absolute atomic E-state index is 12.8. The Bertz CT molecular complexity index is 599. The number of carbonyl (C=O) groups excluding carboxylic acids is 1. The summed E-state index contributed by atoms with van der Waals surface area (Å²) in [5.41, 5.74) is 1.87. The second kappa shape index (κ2) is 7.22. The highest BCUT2D eigenvalue weighted by Crippen LogP contribution is 2.16. The molecule has 21 heavy (non-hydrogen) atoms. The summed E-state index contributed by atoms with van der Waals surface area (Å²) in [4.78, 5) is 11.8. The molecule has 0 saturated carbocycles. The molecule has 3 nitrogen and oxygen atoms in total. The minimum Gasteiger partial charge on any atom is -0.334 e. The lowest BCUT2D eigenvalue weighted by atomic mass is 10.1. The second-order valence-corrected chi connectivity index (χ2v) is 5.64. The van der Waals surface area contributed by atoms with Gasteiger partial charge in [0.1, 0.15) is 5.82 Å². The minimum atomic E-state index is -0.285. The molecule has 0 aliphatic heterocycles. The Morgan fingerprint density at radius 3 is 2.38 bits per heavy atom. The average Bonchev–Trinajstić information content (AvgIpc) is 2.47. The third-order valence-electron chi connectivity index (χ3n) is 3.08. The molecule has 0 radical (unpaired) electrons. The van der Waals surface area contributed by atoms with Gasteiger partial charge in [0, 0.05) is 11.0 Å². The molecule has 0 heterocycles. The zero-order valence-corrected chi connectivity index (χ0v) is 13.2. The van der Waals surface area contributed by atoms with E-state index in [1.807, 2.05) is 31.2 Å². The lowest BCUT2D eigenvalue weighted by Crippen LogP contribution is -2.36. The predicted molar refractivity (Wildman–Crippen MR) is 84.3 cm³/mol. The fraction of sp³-hybridized carbons (Fsp3) is 0.188. The van der Waals surface area contributed by atoms with E-state index in [1.165, 1.54) is 12.1 Å². The van der Waals surface area contributed by atoms with Crippen LogP contribution in [0, 0.1) is 5.82 Å². The van der Waals surface area contributed by atoms with Gasteiger partial charge < -0.3 is 10.6 Å². The molecular formula is C16H16BrFN2O. The van der Waals surface area contributed by atoms with E-state index in [4.69, 9.17) is 0 Å². The molecule has 110 valence electrons. The van der Waals surface area contributed by atoms with Crippen LogP contribution in [0.15, 0.2) is 53.0 Å². The van der Waals surface area contributed by atoms with Gasteiger partial charge in [0.15, 0.2) is 0 Å². The van der Waals surface area contributed by atoms with Crippen LogP contribution in [0.4, 0.5) is 9.18 Å². The summed E-state index contributed by atoms with van der Waals surface area (Å²) in [7, 11) is 0. The molecule has 1 atom stereocenters. The molecule has 0 saturated heterocycles. The lowest BCUT2D eigenvalue weighted by molar-refractivity contribution is 0.237. The van der Waals surface area contributed by atoms with Gasteiger partial charge in [-0.15, -0.1) is 0 Å².